The van der Waals surface area contributed by atoms with Crippen LogP contribution in [-0.2, 0) is 13.2 Å². The van der Waals surface area contributed by atoms with Crippen LogP contribution < -0.4 is 15.1 Å². The van der Waals surface area contributed by atoms with Crippen LogP contribution in [0, 0.1) is 0 Å². The maximum absolute atomic E-state index is 13.0. The molecule has 3 aromatic rings. The Bertz CT molecular complexity index is 1100. The second-order valence-corrected chi connectivity index (χ2v) is 6.45. The van der Waals surface area contributed by atoms with Crippen LogP contribution in [0.4, 0.5) is 19.0 Å². The third-order valence-electron chi connectivity index (χ3n) is 3.53. The van der Waals surface area contributed by atoms with Gasteiger partial charge in [0.1, 0.15) is 0 Å². The fourth-order valence-electron chi connectivity index (χ4n) is 2.14. The Hall–Kier alpha value is -2.71. The zero-order valence-corrected chi connectivity index (χ0v) is 15.0. The van der Waals surface area contributed by atoms with Crippen molar-refractivity contribution in [3.63, 3.8) is 0 Å². The fraction of sp³-hybridized carbons (Fsp3) is 0.286. The van der Waals surface area contributed by atoms with Crippen LogP contribution in [0.25, 0.3) is 0 Å². The molecule has 0 amide bonds. The molecule has 0 aliphatic heterocycles. The summed E-state index contributed by atoms with van der Waals surface area (Å²) in [6.07, 6.45) is -3.69. The molecular formula is C14H13BF3N5O4S. The molecule has 0 saturated heterocycles. The molecule has 0 bridgehead atoms. The summed E-state index contributed by atoms with van der Waals surface area (Å²) >= 11 is 1.05. The van der Waals surface area contributed by atoms with Crippen molar-refractivity contribution in [2.24, 2.45) is 12.0 Å². The number of aliphatic hydroxyl groups excluding tert-OH is 2. The first kappa shape index (κ1) is 20.0. The molecule has 0 radical (unpaired) electrons. The van der Waals surface area contributed by atoms with Crippen molar-refractivity contribution in [1.82, 2.24) is 19.7 Å². The first-order chi connectivity index (χ1) is 13.2. The van der Waals surface area contributed by atoms with Gasteiger partial charge in [0.25, 0.3) is 0 Å². The summed E-state index contributed by atoms with van der Waals surface area (Å²) in [6.45, 7) is -0.513. The number of pyridine rings is 1. The zero-order valence-electron chi connectivity index (χ0n) is 14.2. The number of aryl methyl sites for hydroxylation is 1. The van der Waals surface area contributed by atoms with Crippen LogP contribution in [0.3, 0.4) is 0 Å². The van der Waals surface area contributed by atoms with E-state index in [2.05, 4.69) is 20.1 Å². The summed E-state index contributed by atoms with van der Waals surface area (Å²) < 4.78 is 45.7. The van der Waals surface area contributed by atoms with Gasteiger partial charge in [-0.15, -0.1) is 0 Å². The Labute approximate surface area is 158 Å². The topological polar surface area (TPSA) is 129 Å². The molecule has 14 heteroatoms. The maximum atomic E-state index is 13.0. The number of hydrogen-bond acceptors (Lipinski definition) is 7. The van der Waals surface area contributed by atoms with Crippen molar-refractivity contribution in [2.45, 2.75) is 12.3 Å². The number of hydrogen-bond donors (Lipinski definition) is 4. The molecule has 9 nitrogen and oxygen atoms in total. The molecule has 0 saturated carbocycles. The summed E-state index contributed by atoms with van der Waals surface area (Å²) in [5, 5.41) is 20.9. The predicted molar refractivity (Wildman–Crippen MR) is 92.6 cm³/mol. The average molecular weight is 415 g/mol. The van der Waals surface area contributed by atoms with E-state index in [9.17, 15) is 23.1 Å². The van der Waals surface area contributed by atoms with E-state index in [-0.39, 0.29) is 27.8 Å². The van der Waals surface area contributed by atoms with Crippen LogP contribution in [0.2, 0.25) is 0 Å². The quantitative estimate of drug-likeness (QED) is 0.493. The molecule has 3 heterocycles. The molecular weight excluding hydrogens is 402 g/mol. The van der Waals surface area contributed by atoms with Gasteiger partial charge in [-0.25, -0.2) is 0 Å². The predicted octanol–water partition coefficient (Wildman–Crippen LogP) is 0.905. The van der Waals surface area contributed by atoms with Gasteiger partial charge in [0.2, 0.25) is 0 Å². The number of nitrogens with one attached hydrogen (secondary N) is 2. The molecule has 0 aliphatic rings. The Kier molecular flexibility index (Phi) is 5.53. The molecule has 148 valence electrons. The molecule has 4 N–H and O–H groups in total. The third-order valence-corrected chi connectivity index (χ3v) is 4.31. The van der Waals surface area contributed by atoms with Crippen molar-refractivity contribution in [1.29, 1.82) is 0 Å². The first-order valence-electron chi connectivity index (χ1n) is 7.70. The Morgan fingerprint density at radius 1 is 1.46 bits per heavy atom. The van der Waals surface area contributed by atoms with E-state index < -0.39 is 30.0 Å². The second kappa shape index (κ2) is 7.73. The normalized spacial score (nSPS) is 13.6. The van der Waals surface area contributed by atoms with Gasteiger partial charge in [0, 0.05) is 0 Å². The minimum atomic E-state index is -4.65. The Morgan fingerprint density at radius 3 is 2.82 bits per heavy atom. The molecule has 0 fully saturated rings. The van der Waals surface area contributed by atoms with E-state index in [1.807, 2.05) is 0 Å². The first-order valence-corrected chi connectivity index (χ1v) is 8.58. The van der Waals surface area contributed by atoms with E-state index in [0.29, 0.717) is 6.20 Å². The number of alkyl halides is 3. The molecule has 3 rings (SSSR count). The second-order valence-electron chi connectivity index (χ2n) is 5.59. The summed E-state index contributed by atoms with van der Waals surface area (Å²) in [5.41, 5.74) is -1.26. The molecule has 0 aliphatic carbocycles. The van der Waals surface area contributed by atoms with E-state index >= 15 is 0 Å². The summed E-state index contributed by atoms with van der Waals surface area (Å²) in [7, 11) is 1.45. The third kappa shape index (κ3) is 4.40. The van der Waals surface area contributed by atoms with Crippen molar-refractivity contribution in [3.05, 3.63) is 44.6 Å². The SMILES string of the molecule is Cn1[nH]c(=O)cc1Oc1cc(C(F)(F)F)cnc1/N=c1/[nH]c(C(O)CO)bs1. The van der Waals surface area contributed by atoms with Crippen LogP contribution in [-0.4, -0.2) is 42.7 Å². The van der Waals surface area contributed by atoms with Crippen molar-refractivity contribution in [2.75, 3.05) is 6.61 Å². The number of rotatable bonds is 5. The average Bonchev–Trinajstić information content (AvgIpc) is 3.21. The van der Waals surface area contributed by atoms with Gasteiger partial charge in [-0.1, -0.05) is 0 Å². The summed E-state index contributed by atoms with van der Waals surface area (Å²) in [5.74, 6) is -0.533. The zero-order chi connectivity index (χ0) is 20.5. The van der Waals surface area contributed by atoms with Crippen molar-refractivity contribution < 1.29 is 28.1 Å². The molecule has 0 aromatic carbocycles. The van der Waals surface area contributed by atoms with Gasteiger partial charge >= 0.3 is 158 Å². The number of aromatic nitrogens is 4. The van der Waals surface area contributed by atoms with E-state index in [1.54, 1.807) is 0 Å². The minimum absolute atomic E-state index is 0.0332. The number of aromatic amines is 2. The number of nitrogens with zero attached hydrogens (tertiary/aromatic N) is 3. The number of aliphatic hydroxyl groups is 2. The van der Waals surface area contributed by atoms with Gasteiger partial charge in [-0.3, -0.25) is 0 Å². The van der Waals surface area contributed by atoms with Crippen LogP contribution >= 0.6 is 11.2 Å². The van der Waals surface area contributed by atoms with Crippen molar-refractivity contribution in [3.8, 4) is 11.6 Å². The number of ether oxygens (including phenoxy) is 1. The van der Waals surface area contributed by atoms with E-state index in [0.717, 1.165) is 23.3 Å². The monoisotopic (exact) mass is 415 g/mol. The van der Waals surface area contributed by atoms with Gasteiger partial charge in [0.05, 0.1) is 0 Å². The van der Waals surface area contributed by atoms with Crippen molar-refractivity contribution >= 4 is 23.2 Å². The fourth-order valence-corrected chi connectivity index (χ4v) is 2.91. The van der Waals surface area contributed by atoms with E-state index in [1.165, 1.54) is 17.9 Å². The van der Waals surface area contributed by atoms with Crippen LogP contribution in [0.1, 0.15) is 17.3 Å². The van der Waals surface area contributed by atoms with Crippen LogP contribution in [0.5, 0.6) is 11.6 Å². The van der Waals surface area contributed by atoms with Gasteiger partial charge in [-0.05, 0) is 0 Å². The molecule has 0 spiro atoms. The molecule has 1 atom stereocenters. The molecule has 3 aromatic heterocycles. The molecule has 28 heavy (non-hydrogen) atoms. The Morgan fingerprint density at radius 2 is 2.21 bits per heavy atom. The van der Waals surface area contributed by atoms with Gasteiger partial charge in [0.15, 0.2) is 0 Å². The summed E-state index contributed by atoms with van der Waals surface area (Å²) in [6, 6.07) is 1.79. The number of H-pyrrole nitrogens is 2. The van der Waals surface area contributed by atoms with Gasteiger partial charge in [-0.2, -0.15) is 0 Å². The van der Waals surface area contributed by atoms with Gasteiger partial charge < -0.3 is 0 Å². The number of halogens is 3. The van der Waals surface area contributed by atoms with Crippen LogP contribution in [0.15, 0.2) is 28.1 Å². The Balaban J connectivity index is 2.07. The molecule has 1 unspecified atom stereocenters. The standard InChI is InChI=1S/C14H13BF3N5O4S/c1-23-10(3-9(26)22-23)27-8-2-6(14(16,17)18)4-19-12(8)21-13-20-11(15-28-13)7(25)5-24/h2-4,7,24-25H,5H2,1H3,(H,22,26)(H,19,20,21). The summed E-state index contributed by atoms with van der Waals surface area (Å²) in [4.78, 5) is 22.1. The van der Waals surface area contributed by atoms with E-state index in [4.69, 9.17) is 9.84 Å².